The van der Waals surface area contributed by atoms with E-state index in [1.807, 2.05) is 13.8 Å². The van der Waals surface area contributed by atoms with Gasteiger partial charge in [0.25, 0.3) is 0 Å². The molecule has 0 saturated heterocycles. The molecule has 12 N–H and O–H groups in total. The van der Waals surface area contributed by atoms with Crippen molar-refractivity contribution >= 4 is 29.7 Å². The average Bonchev–Trinajstić information content (AvgIpc) is 2.84. The number of phenols is 1. The highest BCUT2D eigenvalue weighted by molar-refractivity contribution is 5.94. The Bertz CT molecular complexity index is 995. The number of carbonyl (C=O) groups excluding carboxylic acids is 3. The molecule has 0 heterocycles. The lowest BCUT2D eigenvalue weighted by Crippen LogP contribution is -2.58. The summed E-state index contributed by atoms with van der Waals surface area (Å²) in [5.74, 6) is -3.62. The summed E-state index contributed by atoms with van der Waals surface area (Å²) >= 11 is 0. The van der Waals surface area contributed by atoms with E-state index in [1.54, 1.807) is 12.1 Å². The first kappa shape index (κ1) is 33.1. The van der Waals surface area contributed by atoms with Gasteiger partial charge >= 0.3 is 5.97 Å². The van der Waals surface area contributed by atoms with E-state index in [1.165, 1.54) is 19.1 Å². The fraction of sp³-hybridized carbons (Fsp3) is 0.560. The minimum atomic E-state index is -1.30. The zero-order valence-electron chi connectivity index (χ0n) is 22.5. The molecule has 0 aliphatic rings. The van der Waals surface area contributed by atoms with Crippen molar-refractivity contribution in [3.63, 3.8) is 0 Å². The summed E-state index contributed by atoms with van der Waals surface area (Å²) in [6, 6.07) is 1.06. The maximum atomic E-state index is 13.2. The Morgan fingerprint density at radius 3 is 1.95 bits per heavy atom. The standard InChI is InChI=1S/C25H41N7O7/c1-13(2)11-18(22(36)32-19(24(38)39)12-15-6-8-16(34)9-7-15)31-21(35)17(5-4-10-29-25(27)28)30-23(37)20(26)14(3)33/h6-9,13-14,17-20,33-34H,4-5,10-12,26H2,1-3H3,(H,30,37)(H,31,35)(H,32,36)(H,38,39)(H4,27,28,29). The Morgan fingerprint density at radius 1 is 0.897 bits per heavy atom. The molecule has 5 unspecified atom stereocenters. The summed E-state index contributed by atoms with van der Waals surface area (Å²) in [6.45, 7) is 5.16. The van der Waals surface area contributed by atoms with Gasteiger partial charge in [-0.05, 0) is 49.8 Å². The second kappa shape index (κ2) is 16.1. The second-order valence-electron chi connectivity index (χ2n) is 9.74. The number of aliphatic imine (C=N–C) groups is 1. The number of aliphatic hydroxyl groups is 1. The van der Waals surface area contributed by atoms with E-state index in [2.05, 4.69) is 20.9 Å². The Labute approximate surface area is 227 Å². The number of phenolic OH excluding ortho intramolecular Hbond substituents is 1. The number of rotatable bonds is 16. The van der Waals surface area contributed by atoms with Gasteiger partial charge in [-0.15, -0.1) is 0 Å². The molecule has 0 radical (unpaired) electrons. The van der Waals surface area contributed by atoms with Gasteiger partial charge in [-0.3, -0.25) is 19.4 Å². The number of nitrogens with two attached hydrogens (primary N) is 3. The smallest absolute Gasteiger partial charge is 0.326 e. The lowest BCUT2D eigenvalue weighted by molar-refractivity contribution is -0.142. The van der Waals surface area contributed by atoms with Crippen molar-refractivity contribution in [1.82, 2.24) is 16.0 Å². The number of nitrogens with zero attached hydrogens (tertiary/aromatic N) is 1. The molecule has 5 atom stereocenters. The number of carboxylic acids is 1. The molecular formula is C25H41N7O7. The van der Waals surface area contributed by atoms with Crippen molar-refractivity contribution in [2.45, 2.75) is 76.7 Å². The Morgan fingerprint density at radius 2 is 1.44 bits per heavy atom. The third kappa shape index (κ3) is 12.5. The van der Waals surface area contributed by atoms with Gasteiger partial charge in [0.1, 0.15) is 29.9 Å². The van der Waals surface area contributed by atoms with Crippen molar-refractivity contribution in [3.8, 4) is 5.75 Å². The van der Waals surface area contributed by atoms with Crippen LogP contribution in [0.25, 0.3) is 0 Å². The molecule has 0 bridgehead atoms. The Hall–Kier alpha value is -3.91. The molecule has 39 heavy (non-hydrogen) atoms. The van der Waals surface area contributed by atoms with Crippen LogP contribution in [0.15, 0.2) is 29.3 Å². The number of carbonyl (C=O) groups is 4. The highest BCUT2D eigenvalue weighted by Gasteiger charge is 2.31. The molecule has 0 aliphatic carbocycles. The zero-order valence-corrected chi connectivity index (χ0v) is 22.5. The molecule has 0 spiro atoms. The SMILES string of the molecule is CC(C)CC(NC(=O)C(CCCN=C(N)N)NC(=O)C(N)C(C)O)C(=O)NC(Cc1ccc(O)cc1)C(=O)O. The molecule has 14 heteroatoms. The number of aromatic hydroxyl groups is 1. The van der Waals surface area contributed by atoms with E-state index in [0.717, 1.165) is 0 Å². The number of hydrogen-bond acceptors (Lipinski definition) is 8. The number of guanidine groups is 1. The average molecular weight is 552 g/mol. The predicted octanol–water partition coefficient (Wildman–Crippen LogP) is -1.72. The van der Waals surface area contributed by atoms with Crippen molar-refractivity contribution in [3.05, 3.63) is 29.8 Å². The van der Waals surface area contributed by atoms with Crippen LogP contribution in [0.4, 0.5) is 0 Å². The molecule has 0 saturated carbocycles. The largest absolute Gasteiger partial charge is 0.508 e. The van der Waals surface area contributed by atoms with E-state index < -0.39 is 54.0 Å². The van der Waals surface area contributed by atoms with E-state index in [9.17, 15) is 34.5 Å². The van der Waals surface area contributed by atoms with Gasteiger partial charge in [0.15, 0.2) is 5.96 Å². The first-order valence-electron chi connectivity index (χ1n) is 12.6. The molecule has 1 rings (SSSR count). The molecule has 1 aromatic rings. The molecule has 14 nitrogen and oxygen atoms in total. The highest BCUT2D eigenvalue weighted by atomic mass is 16.4. The Balaban J connectivity index is 3.06. The maximum Gasteiger partial charge on any atom is 0.326 e. The van der Waals surface area contributed by atoms with Crippen LogP contribution in [0, 0.1) is 5.92 Å². The molecular weight excluding hydrogens is 510 g/mol. The minimum Gasteiger partial charge on any atom is -0.508 e. The van der Waals surface area contributed by atoms with Gasteiger partial charge in [0.2, 0.25) is 17.7 Å². The fourth-order valence-corrected chi connectivity index (χ4v) is 3.57. The third-order valence-electron chi connectivity index (χ3n) is 5.73. The number of amides is 3. The number of aliphatic carboxylic acids is 1. The predicted molar refractivity (Wildman–Crippen MR) is 144 cm³/mol. The molecule has 218 valence electrons. The zero-order chi connectivity index (χ0) is 29.7. The lowest BCUT2D eigenvalue weighted by atomic mass is 10.0. The summed E-state index contributed by atoms with van der Waals surface area (Å²) in [7, 11) is 0. The summed E-state index contributed by atoms with van der Waals surface area (Å²) in [4.78, 5) is 54.5. The maximum absolute atomic E-state index is 13.2. The van der Waals surface area contributed by atoms with Gasteiger partial charge < -0.3 is 48.5 Å². The van der Waals surface area contributed by atoms with Gasteiger partial charge in [0, 0.05) is 13.0 Å². The Kier molecular flexibility index (Phi) is 13.7. The molecule has 0 fully saturated rings. The summed E-state index contributed by atoms with van der Waals surface area (Å²) < 4.78 is 0. The number of nitrogens with one attached hydrogen (secondary N) is 3. The van der Waals surface area contributed by atoms with Crippen molar-refractivity contribution < 1.29 is 34.5 Å². The van der Waals surface area contributed by atoms with E-state index in [0.29, 0.717) is 12.0 Å². The van der Waals surface area contributed by atoms with Crippen LogP contribution in [0.3, 0.4) is 0 Å². The normalized spacial score (nSPS) is 14.8. The topological polar surface area (TPSA) is 255 Å². The van der Waals surface area contributed by atoms with Crippen LogP contribution in [0.5, 0.6) is 5.75 Å². The summed E-state index contributed by atoms with van der Waals surface area (Å²) in [5.41, 5.74) is 16.9. The van der Waals surface area contributed by atoms with Crippen LogP contribution >= 0.6 is 0 Å². The minimum absolute atomic E-state index is 0.0173. The van der Waals surface area contributed by atoms with Crippen LogP contribution in [-0.4, -0.2) is 81.8 Å². The first-order chi connectivity index (χ1) is 18.2. The van der Waals surface area contributed by atoms with Gasteiger partial charge in [0.05, 0.1) is 6.10 Å². The van der Waals surface area contributed by atoms with Crippen LogP contribution in [-0.2, 0) is 25.6 Å². The van der Waals surface area contributed by atoms with Crippen LogP contribution < -0.4 is 33.2 Å². The van der Waals surface area contributed by atoms with E-state index in [4.69, 9.17) is 17.2 Å². The summed E-state index contributed by atoms with van der Waals surface area (Å²) in [6.07, 6.45) is -0.642. The van der Waals surface area contributed by atoms with E-state index in [-0.39, 0.29) is 43.4 Å². The summed E-state index contributed by atoms with van der Waals surface area (Å²) in [5, 5.41) is 36.3. The van der Waals surface area contributed by atoms with Crippen molar-refractivity contribution in [2.75, 3.05) is 6.54 Å². The number of benzene rings is 1. The molecule has 1 aromatic carbocycles. The highest BCUT2D eigenvalue weighted by Crippen LogP contribution is 2.13. The first-order valence-corrected chi connectivity index (χ1v) is 12.6. The molecule has 0 aliphatic heterocycles. The quantitative estimate of drug-likeness (QED) is 0.0638. The monoisotopic (exact) mass is 551 g/mol. The van der Waals surface area contributed by atoms with E-state index >= 15 is 0 Å². The van der Waals surface area contributed by atoms with Gasteiger partial charge in [-0.2, -0.15) is 0 Å². The van der Waals surface area contributed by atoms with Crippen LogP contribution in [0.2, 0.25) is 0 Å². The number of carboxylic acid groups (broad SMARTS) is 1. The fourth-order valence-electron chi connectivity index (χ4n) is 3.57. The second-order valence-corrected chi connectivity index (χ2v) is 9.74. The third-order valence-corrected chi connectivity index (χ3v) is 5.73. The van der Waals surface area contributed by atoms with Crippen LogP contribution in [0.1, 0.15) is 45.6 Å². The van der Waals surface area contributed by atoms with Crippen molar-refractivity contribution in [1.29, 1.82) is 0 Å². The molecule has 3 amide bonds. The number of hydrogen-bond donors (Lipinski definition) is 9. The lowest BCUT2D eigenvalue weighted by Gasteiger charge is -2.26. The van der Waals surface area contributed by atoms with Crippen molar-refractivity contribution in [2.24, 2.45) is 28.1 Å². The van der Waals surface area contributed by atoms with Gasteiger partial charge in [-0.25, -0.2) is 4.79 Å². The van der Waals surface area contributed by atoms with Gasteiger partial charge in [-0.1, -0.05) is 26.0 Å². The molecule has 0 aromatic heterocycles. The number of aliphatic hydroxyl groups excluding tert-OH is 1.